The molecule has 0 unspecified atom stereocenters. The lowest BCUT2D eigenvalue weighted by Gasteiger charge is -2.13. The standard InChI is InChI=1S/C20H14N4O5/c25-16(22-15-9-21-20(29)23-17(15)26)12-6-7-13-14(8-12)19(28)24(18(13)27)10-11-4-2-1-3-5-11/h1-9H,10H2,(H,22,25)(H2,21,23,26,29). The van der Waals surface area contributed by atoms with E-state index in [0.29, 0.717) is 0 Å². The third-order valence-electron chi connectivity index (χ3n) is 4.48. The third kappa shape index (κ3) is 3.36. The quantitative estimate of drug-likeness (QED) is 0.574. The van der Waals surface area contributed by atoms with E-state index in [1.54, 1.807) is 0 Å². The van der Waals surface area contributed by atoms with E-state index in [4.69, 9.17) is 0 Å². The summed E-state index contributed by atoms with van der Waals surface area (Å²) in [7, 11) is 0. The summed E-state index contributed by atoms with van der Waals surface area (Å²) < 4.78 is 0. The number of benzene rings is 2. The molecule has 1 aliphatic rings. The second-order valence-corrected chi connectivity index (χ2v) is 6.38. The normalized spacial score (nSPS) is 12.8. The Bertz CT molecular complexity index is 1260. The van der Waals surface area contributed by atoms with Gasteiger partial charge in [0, 0.05) is 11.8 Å². The van der Waals surface area contributed by atoms with Crippen LogP contribution >= 0.6 is 0 Å². The Labute approximate surface area is 163 Å². The SMILES string of the molecule is O=C(Nc1c[nH]c(=O)[nH]c1=O)c1ccc2c(c1)C(=O)N(Cc1ccccc1)C2=O. The predicted octanol–water partition coefficient (Wildman–Crippen LogP) is 1.11. The number of nitrogens with one attached hydrogen (secondary N) is 3. The maximum Gasteiger partial charge on any atom is 0.325 e. The molecular formula is C20H14N4O5. The summed E-state index contributed by atoms with van der Waals surface area (Å²) in [5.41, 5.74) is -0.382. The van der Waals surface area contributed by atoms with E-state index in [1.807, 2.05) is 35.3 Å². The van der Waals surface area contributed by atoms with E-state index < -0.39 is 29.0 Å². The number of carbonyl (C=O) groups is 3. The molecule has 0 atom stereocenters. The zero-order valence-corrected chi connectivity index (χ0v) is 14.9. The molecule has 29 heavy (non-hydrogen) atoms. The van der Waals surface area contributed by atoms with E-state index in [2.05, 4.69) is 10.3 Å². The molecule has 4 rings (SSSR count). The number of aromatic nitrogens is 2. The molecule has 3 amide bonds. The van der Waals surface area contributed by atoms with E-state index in [1.165, 1.54) is 18.2 Å². The first-order valence-electron chi connectivity index (χ1n) is 8.61. The minimum Gasteiger partial charge on any atom is -0.316 e. The van der Waals surface area contributed by atoms with Gasteiger partial charge in [0.25, 0.3) is 23.3 Å². The van der Waals surface area contributed by atoms with Crippen LogP contribution in [-0.2, 0) is 6.54 Å². The van der Waals surface area contributed by atoms with Crippen molar-refractivity contribution in [1.82, 2.24) is 14.9 Å². The number of H-pyrrole nitrogens is 2. The molecule has 0 fully saturated rings. The molecule has 9 nitrogen and oxygen atoms in total. The Balaban J connectivity index is 1.59. The van der Waals surface area contributed by atoms with Crippen LogP contribution in [0.5, 0.6) is 0 Å². The number of hydrogen-bond donors (Lipinski definition) is 3. The summed E-state index contributed by atoms with van der Waals surface area (Å²) >= 11 is 0. The fourth-order valence-electron chi connectivity index (χ4n) is 3.04. The Morgan fingerprint density at radius 1 is 0.931 bits per heavy atom. The summed E-state index contributed by atoms with van der Waals surface area (Å²) in [6.07, 6.45) is 1.07. The summed E-state index contributed by atoms with van der Waals surface area (Å²) in [6.45, 7) is 0.126. The number of carbonyl (C=O) groups excluding carboxylic acids is 3. The van der Waals surface area contributed by atoms with Crippen molar-refractivity contribution in [3.63, 3.8) is 0 Å². The van der Waals surface area contributed by atoms with Crippen molar-refractivity contribution in [2.24, 2.45) is 0 Å². The van der Waals surface area contributed by atoms with Crippen molar-refractivity contribution in [3.05, 3.63) is 97.8 Å². The van der Waals surface area contributed by atoms with E-state index >= 15 is 0 Å². The van der Waals surface area contributed by atoms with Gasteiger partial charge in [-0.05, 0) is 23.8 Å². The number of imide groups is 1. The molecule has 0 aliphatic carbocycles. The molecule has 2 heterocycles. The highest BCUT2D eigenvalue weighted by Gasteiger charge is 2.36. The van der Waals surface area contributed by atoms with Crippen LogP contribution in [-0.4, -0.2) is 32.6 Å². The molecule has 1 aliphatic heterocycles. The number of rotatable bonds is 4. The number of amides is 3. The van der Waals surface area contributed by atoms with Crippen LogP contribution in [0.3, 0.4) is 0 Å². The summed E-state index contributed by atoms with van der Waals surface area (Å²) in [4.78, 5) is 65.9. The molecular weight excluding hydrogens is 376 g/mol. The maximum atomic E-state index is 12.7. The van der Waals surface area contributed by atoms with Crippen molar-refractivity contribution >= 4 is 23.4 Å². The lowest BCUT2D eigenvalue weighted by molar-refractivity contribution is 0.0642. The Hall–Kier alpha value is -4.27. The lowest BCUT2D eigenvalue weighted by Crippen LogP contribution is -2.29. The second kappa shape index (κ2) is 7.04. The highest BCUT2D eigenvalue weighted by Crippen LogP contribution is 2.26. The monoisotopic (exact) mass is 390 g/mol. The molecule has 3 N–H and O–H groups in total. The first kappa shape index (κ1) is 18.1. The van der Waals surface area contributed by atoms with Gasteiger partial charge in [0.2, 0.25) is 0 Å². The van der Waals surface area contributed by atoms with E-state index in [9.17, 15) is 24.0 Å². The molecule has 0 spiro atoms. The van der Waals surface area contributed by atoms with Crippen LogP contribution in [0.1, 0.15) is 36.6 Å². The van der Waals surface area contributed by atoms with Gasteiger partial charge in [0.1, 0.15) is 5.69 Å². The molecule has 2 aromatic carbocycles. The number of nitrogens with zero attached hydrogens (tertiary/aromatic N) is 1. The maximum absolute atomic E-state index is 12.7. The molecule has 0 radical (unpaired) electrons. The first-order chi connectivity index (χ1) is 13.9. The van der Waals surface area contributed by atoms with Gasteiger partial charge in [-0.3, -0.25) is 29.1 Å². The van der Waals surface area contributed by atoms with Gasteiger partial charge >= 0.3 is 5.69 Å². The van der Waals surface area contributed by atoms with Crippen LogP contribution in [0.25, 0.3) is 0 Å². The lowest BCUT2D eigenvalue weighted by atomic mass is 10.1. The van der Waals surface area contributed by atoms with Gasteiger partial charge in [-0.15, -0.1) is 0 Å². The Morgan fingerprint density at radius 2 is 1.66 bits per heavy atom. The van der Waals surface area contributed by atoms with Crippen molar-refractivity contribution in [2.75, 3.05) is 5.32 Å². The largest absolute Gasteiger partial charge is 0.325 e. The van der Waals surface area contributed by atoms with E-state index in [-0.39, 0.29) is 28.9 Å². The van der Waals surface area contributed by atoms with Crippen LogP contribution in [0.2, 0.25) is 0 Å². The van der Waals surface area contributed by atoms with Gasteiger partial charge in [0.15, 0.2) is 0 Å². The van der Waals surface area contributed by atoms with Gasteiger partial charge in [-0.2, -0.15) is 0 Å². The number of aromatic amines is 2. The second-order valence-electron chi connectivity index (χ2n) is 6.38. The van der Waals surface area contributed by atoms with Crippen LogP contribution in [0.4, 0.5) is 5.69 Å². The Kier molecular flexibility index (Phi) is 4.40. The molecule has 0 saturated carbocycles. The molecule has 0 saturated heterocycles. The Morgan fingerprint density at radius 3 is 2.38 bits per heavy atom. The highest BCUT2D eigenvalue weighted by atomic mass is 16.2. The van der Waals surface area contributed by atoms with Gasteiger partial charge < -0.3 is 10.3 Å². The zero-order valence-electron chi connectivity index (χ0n) is 14.9. The molecule has 1 aromatic heterocycles. The van der Waals surface area contributed by atoms with Crippen LogP contribution in [0, 0.1) is 0 Å². The average molecular weight is 390 g/mol. The minimum atomic E-state index is -0.761. The predicted molar refractivity (Wildman–Crippen MR) is 103 cm³/mol. The van der Waals surface area contributed by atoms with Crippen molar-refractivity contribution in [1.29, 1.82) is 0 Å². The van der Waals surface area contributed by atoms with Gasteiger partial charge in [0.05, 0.1) is 17.7 Å². The number of fused-ring (bicyclic) bond motifs is 1. The molecule has 144 valence electrons. The van der Waals surface area contributed by atoms with Crippen molar-refractivity contribution in [2.45, 2.75) is 6.54 Å². The van der Waals surface area contributed by atoms with Gasteiger partial charge in [-0.25, -0.2) is 4.79 Å². The summed E-state index contributed by atoms with van der Waals surface area (Å²) in [5, 5.41) is 2.36. The molecule has 3 aromatic rings. The smallest absolute Gasteiger partial charge is 0.316 e. The van der Waals surface area contributed by atoms with E-state index in [0.717, 1.165) is 16.7 Å². The zero-order chi connectivity index (χ0) is 20.5. The summed E-state index contributed by atoms with van der Waals surface area (Å²) in [5.74, 6) is -1.59. The number of hydrogen-bond acceptors (Lipinski definition) is 5. The first-order valence-corrected chi connectivity index (χ1v) is 8.61. The van der Waals surface area contributed by atoms with Crippen molar-refractivity contribution in [3.8, 4) is 0 Å². The topological polar surface area (TPSA) is 132 Å². The fraction of sp³-hybridized carbons (Fsp3) is 0.0500. The highest BCUT2D eigenvalue weighted by molar-refractivity contribution is 6.22. The minimum absolute atomic E-state index is 0.0945. The van der Waals surface area contributed by atoms with Crippen LogP contribution < -0.4 is 16.6 Å². The number of anilines is 1. The van der Waals surface area contributed by atoms with Crippen LogP contribution in [0.15, 0.2) is 64.3 Å². The van der Waals surface area contributed by atoms with Crippen molar-refractivity contribution < 1.29 is 14.4 Å². The fourth-order valence-corrected chi connectivity index (χ4v) is 3.04. The molecule has 0 bridgehead atoms. The van der Waals surface area contributed by atoms with Gasteiger partial charge in [-0.1, -0.05) is 30.3 Å². The third-order valence-corrected chi connectivity index (χ3v) is 4.48. The molecule has 9 heteroatoms. The average Bonchev–Trinajstić information content (AvgIpc) is 2.95. The summed E-state index contributed by atoms with van der Waals surface area (Å²) in [6, 6.07) is 13.2.